The second-order valence-corrected chi connectivity index (χ2v) is 5.96. The molecule has 2 aromatic carbocycles. The number of hydrogen-bond acceptors (Lipinski definition) is 3. The van der Waals surface area contributed by atoms with Crippen molar-refractivity contribution in [2.75, 3.05) is 0 Å². The highest BCUT2D eigenvalue weighted by Crippen LogP contribution is 2.61. The fraction of sp³-hybridized carbons (Fsp3) is 0.125. The van der Waals surface area contributed by atoms with Crippen LogP contribution in [-0.4, -0.2) is 22.6 Å². The number of aliphatic carboxylic acids is 1. The molecule has 0 aliphatic carbocycles. The van der Waals surface area contributed by atoms with Crippen molar-refractivity contribution in [3.05, 3.63) is 69.7 Å². The van der Waals surface area contributed by atoms with E-state index < -0.39 is 23.1 Å². The number of primary amides is 1. The fourth-order valence-corrected chi connectivity index (χ4v) is 3.22. The zero-order valence-electron chi connectivity index (χ0n) is 11.6. The van der Waals surface area contributed by atoms with E-state index in [1.807, 2.05) is 0 Å². The van der Waals surface area contributed by atoms with Crippen LogP contribution in [0.5, 0.6) is 0 Å². The fourth-order valence-electron chi connectivity index (χ4n) is 2.82. The van der Waals surface area contributed by atoms with E-state index in [0.29, 0.717) is 16.1 Å². The van der Waals surface area contributed by atoms with Crippen molar-refractivity contribution >= 4 is 35.1 Å². The van der Waals surface area contributed by atoms with Crippen LogP contribution in [0.1, 0.15) is 11.1 Å². The van der Waals surface area contributed by atoms with Crippen LogP contribution < -0.4 is 5.73 Å². The van der Waals surface area contributed by atoms with Crippen molar-refractivity contribution in [1.29, 1.82) is 0 Å². The standard InChI is InChI=1S/C16H11Cl2NO4/c17-10-7-5-9(6-8-10)15(11-3-1-2-4-12(11)18)16(23-15,13(19)20)14(21)22/h1-8H,(H2,19,20)(H,21,22)/t15-,16-/m0/s1. The molecule has 1 aliphatic rings. The average molecular weight is 352 g/mol. The van der Waals surface area contributed by atoms with Crippen LogP contribution in [0.2, 0.25) is 10.0 Å². The highest BCUT2D eigenvalue weighted by atomic mass is 35.5. The number of rotatable bonds is 4. The van der Waals surface area contributed by atoms with E-state index >= 15 is 0 Å². The Labute approximate surface area is 141 Å². The summed E-state index contributed by atoms with van der Waals surface area (Å²) in [4.78, 5) is 23.7. The van der Waals surface area contributed by atoms with Gasteiger partial charge in [-0.05, 0) is 23.8 Å². The van der Waals surface area contributed by atoms with Crippen molar-refractivity contribution in [2.24, 2.45) is 5.73 Å². The Morgan fingerprint density at radius 1 is 1.04 bits per heavy atom. The lowest BCUT2D eigenvalue weighted by atomic mass is 9.80. The van der Waals surface area contributed by atoms with Crippen molar-refractivity contribution in [3.8, 4) is 0 Å². The first-order valence-electron chi connectivity index (χ1n) is 6.61. The third kappa shape index (κ3) is 2.05. The Balaban J connectivity index is 2.29. The summed E-state index contributed by atoms with van der Waals surface area (Å²) in [6, 6.07) is 12.9. The lowest BCUT2D eigenvalue weighted by molar-refractivity contribution is -0.147. The normalized spacial score (nSPS) is 25.8. The lowest BCUT2D eigenvalue weighted by Gasteiger charge is -2.18. The van der Waals surface area contributed by atoms with E-state index in [0.717, 1.165) is 0 Å². The van der Waals surface area contributed by atoms with Crippen LogP contribution in [-0.2, 0) is 19.9 Å². The highest BCUT2D eigenvalue weighted by molar-refractivity contribution is 6.32. The number of ether oxygens (including phenoxy) is 1. The summed E-state index contributed by atoms with van der Waals surface area (Å²) in [6.07, 6.45) is 0. The van der Waals surface area contributed by atoms with Crippen LogP contribution in [0.25, 0.3) is 0 Å². The van der Waals surface area contributed by atoms with Gasteiger partial charge < -0.3 is 15.6 Å². The van der Waals surface area contributed by atoms with Crippen LogP contribution in [0.15, 0.2) is 48.5 Å². The molecule has 0 bridgehead atoms. The molecule has 7 heteroatoms. The maximum atomic E-state index is 11.9. The summed E-state index contributed by atoms with van der Waals surface area (Å²) in [5, 5.41) is 10.3. The molecule has 1 heterocycles. The van der Waals surface area contributed by atoms with Gasteiger partial charge in [-0.1, -0.05) is 53.5 Å². The number of carboxylic acids is 1. The molecule has 0 unspecified atom stereocenters. The summed E-state index contributed by atoms with van der Waals surface area (Å²) < 4.78 is 5.51. The maximum Gasteiger partial charge on any atom is 0.349 e. The Hall–Kier alpha value is -2.08. The third-order valence-corrected chi connectivity index (χ3v) is 4.49. The number of carbonyl (C=O) groups excluding carboxylic acids is 1. The van der Waals surface area contributed by atoms with Gasteiger partial charge in [0.05, 0.1) is 0 Å². The zero-order chi connectivity index (χ0) is 16.8. The molecule has 0 radical (unpaired) electrons. The third-order valence-electron chi connectivity index (χ3n) is 3.91. The Bertz CT molecular complexity index is 792. The molecule has 1 saturated heterocycles. The van der Waals surface area contributed by atoms with E-state index in [4.69, 9.17) is 33.7 Å². The van der Waals surface area contributed by atoms with Gasteiger partial charge in [0.25, 0.3) is 11.5 Å². The smallest absolute Gasteiger partial charge is 0.349 e. The second-order valence-electron chi connectivity index (χ2n) is 5.12. The molecule has 2 atom stereocenters. The minimum Gasteiger partial charge on any atom is -0.479 e. The minimum absolute atomic E-state index is 0.270. The monoisotopic (exact) mass is 351 g/mol. The first-order chi connectivity index (χ1) is 10.9. The highest BCUT2D eigenvalue weighted by Gasteiger charge is 2.81. The molecule has 5 nitrogen and oxygen atoms in total. The predicted molar refractivity (Wildman–Crippen MR) is 84.3 cm³/mol. The first-order valence-corrected chi connectivity index (χ1v) is 7.36. The van der Waals surface area contributed by atoms with Crippen LogP contribution >= 0.6 is 23.2 Å². The predicted octanol–water partition coefficient (Wildman–Crippen LogP) is 2.58. The van der Waals surface area contributed by atoms with E-state index in [2.05, 4.69) is 0 Å². The lowest BCUT2D eigenvalue weighted by Crippen LogP contribution is -2.45. The van der Waals surface area contributed by atoms with Crippen LogP contribution in [0.4, 0.5) is 0 Å². The Morgan fingerprint density at radius 2 is 1.65 bits per heavy atom. The minimum atomic E-state index is -2.22. The number of hydrogen-bond donors (Lipinski definition) is 2. The molecule has 2 aromatic rings. The zero-order valence-corrected chi connectivity index (χ0v) is 13.1. The summed E-state index contributed by atoms with van der Waals surface area (Å²) in [5.74, 6) is -2.57. The van der Waals surface area contributed by atoms with Crippen molar-refractivity contribution < 1.29 is 19.4 Å². The molecule has 3 N–H and O–H groups in total. The maximum absolute atomic E-state index is 11.9. The average Bonchev–Trinajstić information content (AvgIpc) is 3.21. The molecule has 0 aromatic heterocycles. The van der Waals surface area contributed by atoms with Crippen molar-refractivity contribution in [1.82, 2.24) is 0 Å². The molecular formula is C16H11Cl2NO4. The topological polar surface area (TPSA) is 92.9 Å². The molecule has 118 valence electrons. The number of carbonyl (C=O) groups is 2. The summed E-state index contributed by atoms with van der Waals surface area (Å²) in [6.45, 7) is 0. The largest absolute Gasteiger partial charge is 0.479 e. The molecular weight excluding hydrogens is 341 g/mol. The van der Waals surface area contributed by atoms with Gasteiger partial charge in [-0.15, -0.1) is 0 Å². The molecule has 3 rings (SSSR count). The van der Waals surface area contributed by atoms with E-state index in [-0.39, 0.29) is 5.02 Å². The van der Waals surface area contributed by atoms with Gasteiger partial charge in [0.15, 0.2) is 5.60 Å². The van der Waals surface area contributed by atoms with Crippen molar-refractivity contribution in [2.45, 2.75) is 11.2 Å². The van der Waals surface area contributed by atoms with Crippen molar-refractivity contribution in [3.63, 3.8) is 0 Å². The van der Waals surface area contributed by atoms with Gasteiger partial charge in [-0.25, -0.2) is 4.79 Å². The van der Waals surface area contributed by atoms with Gasteiger partial charge in [-0.3, -0.25) is 4.79 Å². The van der Waals surface area contributed by atoms with Crippen LogP contribution in [0, 0.1) is 0 Å². The number of halogens is 2. The quantitative estimate of drug-likeness (QED) is 0.653. The van der Waals surface area contributed by atoms with Crippen LogP contribution in [0.3, 0.4) is 0 Å². The first kappa shape index (κ1) is 15.8. The molecule has 1 aliphatic heterocycles. The Morgan fingerprint density at radius 3 is 2.13 bits per heavy atom. The summed E-state index contributed by atoms with van der Waals surface area (Å²) in [5.41, 5.74) is 2.32. The van der Waals surface area contributed by atoms with Gasteiger partial charge in [0.1, 0.15) is 0 Å². The molecule has 0 spiro atoms. The second kappa shape index (κ2) is 5.23. The van der Waals surface area contributed by atoms with Gasteiger partial charge >= 0.3 is 5.97 Å². The molecule has 1 amide bonds. The summed E-state index contributed by atoms with van der Waals surface area (Å²) >= 11 is 12.1. The van der Waals surface area contributed by atoms with Gasteiger partial charge in [-0.2, -0.15) is 0 Å². The number of nitrogens with two attached hydrogens (primary N) is 1. The number of carboxylic acid groups (broad SMARTS) is 1. The van der Waals surface area contributed by atoms with E-state index in [1.54, 1.807) is 48.5 Å². The SMILES string of the molecule is NC(=O)[C@@]1(C(=O)O)O[C@@]1(c1ccc(Cl)cc1)c1ccccc1Cl. The number of benzene rings is 2. The van der Waals surface area contributed by atoms with E-state index in [1.165, 1.54) is 0 Å². The molecule has 23 heavy (non-hydrogen) atoms. The van der Waals surface area contributed by atoms with E-state index in [9.17, 15) is 14.7 Å². The van der Waals surface area contributed by atoms with Gasteiger partial charge in [0.2, 0.25) is 0 Å². The van der Waals surface area contributed by atoms with Gasteiger partial charge in [0, 0.05) is 15.6 Å². The summed E-state index contributed by atoms with van der Waals surface area (Å²) in [7, 11) is 0. The Kier molecular flexibility index (Phi) is 3.59. The molecule has 0 saturated carbocycles. The number of amides is 1. The number of epoxide rings is 1. The molecule has 1 fully saturated rings.